The highest BCUT2D eigenvalue weighted by molar-refractivity contribution is 6.22. The van der Waals surface area contributed by atoms with Crippen LogP contribution < -0.4 is 4.74 Å². The number of ketones is 1. The zero-order valence-corrected chi connectivity index (χ0v) is 28.0. The summed E-state index contributed by atoms with van der Waals surface area (Å²) < 4.78 is 12.9. The van der Waals surface area contributed by atoms with Crippen LogP contribution in [0.3, 0.4) is 0 Å². The molecular weight excluding hydrogens is 626 g/mol. The molecule has 11 heteroatoms. The highest BCUT2D eigenvalue weighted by atomic mass is 17.2. The first-order chi connectivity index (χ1) is 23.7. The monoisotopic (exact) mass is 668 g/mol. The number of amides is 1. The Morgan fingerprint density at radius 3 is 2.45 bits per heavy atom. The molecule has 256 valence electrons. The molecule has 4 fully saturated rings. The minimum atomic E-state index is -0.819. The van der Waals surface area contributed by atoms with Gasteiger partial charge in [-0.3, -0.25) is 19.4 Å². The maximum atomic E-state index is 13.7. The average molecular weight is 669 g/mol. The molecule has 4 atom stereocenters. The lowest BCUT2D eigenvalue weighted by atomic mass is 9.74. The maximum Gasteiger partial charge on any atom is 0.355 e. The molecule has 0 N–H and O–H groups in total. The van der Waals surface area contributed by atoms with E-state index in [9.17, 15) is 19.2 Å². The zero-order chi connectivity index (χ0) is 34.4. The van der Waals surface area contributed by atoms with Crippen LogP contribution in [-0.2, 0) is 35.4 Å². The molecule has 2 aromatic carbocycles. The normalized spacial score (nSPS) is 26.8. The molecule has 5 aliphatic heterocycles. The van der Waals surface area contributed by atoms with Crippen LogP contribution in [0.2, 0.25) is 0 Å². The Kier molecular flexibility index (Phi) is 8.76. The number of carbonyl (C=O) groups excluding carboxylic acids is 4. The molecule has 5 heterocycles. The van der Waals surface area contributed by atoms with Crippen molar-refractivity contribution >= 4 is 23.6 Å². The number of ether oxygens (including phenoxy) is 2. The van der Waals surface area contributed by atoms with E-state index in [4.69, 9.17) is 19.2 Å². The van der Waals surface area contributed by atoms with Crippen LogP contribution in [0.15, 0.2) is 73.0 Å². The highest BCUT2D eigenvalue weighted by Crippen LogP contribution is 2.50. The SMILES string of the molecule is C=CCOOC(=O)C(C)C1C(=O)N2C(C(=O)OCC=C)=C(COc3cccc4c3-c3ccc(C[N+]56CCN(CC5)CC6)cc3C4=O)[C@H](C)C12. The summed E-state index contributed by atoms with van der Waals surface area (Å²) in [5.74, 6) is -3.13. The molecule has 3 unspecified atom stereocenters. The van der Waals surface area contributed by atoms with E-state index in [1.807, 2.05) is 25.1 Å². The number of hydrogen-bond acceptors (Lipinski definition) is 9. The van der Waals surface area contributed by atoms with Crippen LogP contribution in [-0.4, -0.2) is 103 Å². The van der Waals surface area contributed by atoms with Crippen LogP contribution in [0, 0.1) is 17.8 Å². The Hall–Kier alpha value is -4.58. The number of nitrogens with zero attached hydrogens (tertiary/aromatic N) is 3. The molecule has 49 heavy (non-hydrogen) atoms. The summed E-state index contributed by atoms with van der Waals surface area (Å²) in [6.45, 7) is 18.3. The molecule has 0 spiro atoms. The topological polar surface area (TPSA) is 112 Å². The van der Waals surface area contributed by atoms with E-state index in [0.717, 1.165) is 61.4 Å². The van der Waals surface area contributed by atoms with Crippen molar-refractivity contribution in [3.05, 3.63) is 89.7 Å². The van der Waals surface area contributed by atoms with Gasteiger partial charge in [0.05, 0.1) is 37.5 Å². The molecule has 11 nitrogen and oxygen atoms in total. The van der Waals surface area contributed by atoms with E-state index in [2.05, 4.69) is 30.2 Å². The van der Waals surface area contributed by atoms with Gasteiger partial charge in [-0.25, -0.2) is 9.59 Å². The molecule has 0 saturated carbocycles. The molecule has 8 rings (SSSR count). The predicted molar refractivity (Wildman–Crippen MR) is 179 cm³/mol. The number of β-lactam (4-membered cyclic amide) rings is 1. The van der Waals surface area contributed by atoms with Crippen molar-refractivity contribution in [3.63, 3.8) is 0 Å². The summed E-state index contributed by atoms with van der Waals surface area (Å²) in [4.78, 5) is 67.0. The number of benzene rings is 2. The lowest BCUT2D eigenvalue weighted by Gasteiger charge is -2.50. The van der Waals surface area contributed by atoms with Crippen molar-refractivity contribution in [3.8, 4) is 16.9 Å². The minimum Gasteiger partial charge on any atom is -0.488 e. The number of rotatable bonds is 13. The second kappa shape index (κ2) is 13.0. The Balaban J connectivity index is 1.14. The van der Waals surface area contributed by atoms with Gasteiger partial charge in [-0.15, -0.1) is 6.58 Å². The molecular formula is C38H42N3O8+. The first-order valence-electron chi connectivity index (χ1n) is 17.0. The van der Waals surface area contributed by atoms with Crippen molar-refractivity contribution < 1.29 is 42.9 Å². The maximum absolute atomic E-state index is 13.7. The fraction of sp³-hybridized carbons (Fsp3) is 0.421. The summed E-state index contributed by atoms with van der Waals surface area (Å²) in [6.07, 6.45) is 2.90. The van der Waals surface area contributed by atoms with Gasteiger partial charge in [0.25, 0.3) is 0 Å². The van der Waals surface area contributed by atoms with Crippen LogP contribution >= 0.6 is 0 Å². The standard InChI is InChI=1S/C38H42N3O8/c1-5-18-46-38(45)34-29(23(3)33-31(36(43)40(33)34)24(4)37(44)49-48-19-6-2)22-47-30-9-7-8-27-32(30)26-11-10-25(20-28(26)35(27)42)21-41-15-12-39(13-16-41)14-17-41/h5-11,20,23-24,31,33H,1-2,12-19,21-22H2,3-4H3/q+1/t23-,24?,31?,33?/m0/s1. The van der Waals surface area contributed by atoms with Crippen molar-refractivity contribution in [2.75, 3.05) is 59.1 Å². The van der Waals surface area contributed by atoms with E-state index in [1.165, 1.54) is 22.6 Å². The Labute approximate surface area is 285 Å². The van der Waals surface area contributed by atoms with Gasteiger partial charge in [0.1, 0.15) is 37.8 Å². The molecule has 2 bridgehead atoms. The second-order valence-corrected chi connectivity index (χ2v) is 13.7. The van der Waals surface area contributed by atoms with Crippen molar-refractivity contribution in [1.29, 1.82) is 0 Å². The van der Waals surface area contributed by atoms with E-state index >= 15 is 0 Å². The number of hydrogen-bond donors (Lipinski definition) is 0. The van der Waals surface area contributed by atoms with E-state index in [-0.39, 0.29) is 43.1 Å². The summed E-state index contributed by atoms with van der Waals surface area (Å²) in [7, 11) is 0. The smallest absolute Gasteiger partial charge is 0.355 e. The molecule has 0 radical (unpaired) electrons. The van der Waals surface area contributed by atoms with Gasteiger partial charge in [0.2, 0.25) is 5.91 Å². The van der Waals surface area contributed by atoms with E-state index < -0.39 is 29.8 Å². The van der Waals surface area contributed by atoms with Gasteiger partial charge >= 0.3 is 11.9 Å². The van der Waals surface area contributed by atoms with E-state index in [1.54, 1.807) is 13.0 Å². The predicted octanol–water partition coefficient (Wildman–Crippen LogP) is 3.68. The number of piperazine rings is 3. The highest BCUT2D eigenvalue weighted by Gasteiger charge is 2.61. The first kappa shape index (κ1) is 32.9. The summed E-state index contributed by atoms with van der Waals surface area (Å²) in [6, 6.07) is 11.2. The van der Waals surface area contributed by atoms with E-state index in [0.29, 0.717) is 22.4 Å². The van der Waals surface area contributed by atoms with Gasteiger partial charge in [0, 0.05) is 53.4 Å². The van der Waals surface area contributed by atoms with Gasteiger partial charge in [-0.2, -0.15) is 4.89 Å². The molecule has 6 aliphatic rings. The average Bonchev–Trinajstić information content (AvgIpc) is 3.54. The number of carbonyl (C=O) groups is 4. The Morgan fingerprint density at radius 1 is 1.00 bits per heavy atom. The first-order valence-corrected chi connectivity index (χ1v) is 17.0. The summed E-state index contributed by atoms with van der Waals surface area (Å²) in [5, 5.41) is 0. The number of esters is 1. The molecule has 4 saturated heterocycles. The van der Waals surface area contributed by atoms with Crippen molar-refractivity contribution in [1.82, 2.24) is 9.80 Å². The fourth-order valence-corrected chi connectivity index (χ4v) is 8.28. The van der Waals surface area contributed by atoms with Crippen LogP contribution in [0.1, 0.15) is 35.3 Å². The van der Waals surface area contributed by atoms with Crippen LogP contribution in [0.4, 0.5) is 0 Å². The lowest BCUT2D eigenvalue weighted by molar-refractivity contribution is -0.953. The zero-order valence-electron chi connectivity index (χ0n) is 28.0. The number of fused-ring (bicyclic) bond motifs is 7. The summed E-state index contributed by atoms with van der Waals surface area (Å²) >= 11 is 0. The third kappa shape index (κ3) is 5.59. The van der Waals surface area contributed by atoms with Crippen molar-refractivity contribution in [2.45, 2.75) is 26.4 Å². The third-order valence-corrected chi connectivity index (χ3v) is 11.0. The Bertz CT molecular complexity index is 1760. The van der Waals surface area contributed by atoms with Gasteiger partial charge in [-0.05, 0) is 17.7 Å². The molecule has 2 aromatic rings. The largest absolute Gasteiger partial charge is 0.488 e. The summed E-state index contributed by atoms with van der Waals surface area (Å²) in [5.41, 5.74) is 4.66. The van der Waals surface area contributed by atoms with Gasteiger partial charge in [0.15, 0.2) is 5.78 Å². The number of quaternary nitrogens is 1. The second-order valence-electron chi connectivity index (χ2n) is 13.7. The minimum absolute atomic E-state index is 0.0186. The van der Waals surface area contributed by atoms with Gasteiger partial charge in [-0.1, -0.05) is 56.8 Å². The third-order valence-electron chi connectivity index (χ3n) is 11.0. The van der Waals surface area contributed by atoms with Gasteiger partial charge < -0.3 is 18.9 Å². The Morgan fingerprint density at radius 2 is 1.73 bits per heavy atom. The molecule has 1 aliphatic carbocycles. The molecule has 1 amide bonds. The fourth-order valence-electron chi connectivity index (χ4n) is 8.28. The van der Waals surface area contributed by atoms with Crippen LogP contribution in [0.5, 0.6) is 5.75 Å². The van der Waals surface area contributed by atoms with Crippen LogP contribution in [0.25, 0.3) is 11.1 Å². The lowest BCUT2D eigenvalue weighted by Crippen LogP contribution is -2.66. The van der Waals surface area contributed by atoms with Crippen molar-refractivity contribution in [2.24, 2.45) is 17.8 Å². The quantitative estimate of drug-likeness (QED) is 0.0513. The molecule has 0 aromatic heterocycles.